The van der Waals surface area contributed by atoms with Crippen molar-refractivity contribution < 1.29 is 23.8 Å². The molecule has 0 saturated heterocycles. The number of aryl methyl sites for hydroxylation is 1. The molecule has 0 bridgehead atoms. The van der Waals surface area contributed by atoms with Gasteiger partial charge in [-0.05, 0) is 42.3 Å². The van der Waals surface area contributed by atoms with Crippen LogP contribution in [0.4, 0.5) is 0 Å². The molecule has 2 rings (SSSR count). The molecule has 0 aromatic heterocycles. The SMILES string of the molecule is COC(=O)c1ccc(CNC(=O)COc2ccc(C)cc2OC)cc1. The highest BCUT2D eigenvalue weighted by atomic mass is 16.5. The quantitative estimate of drug-likeness (QED) is 0.782. The average molecular weight is 343 g/mol. The molecule has 0 radical (unpaired) electrons. The summed E-state index contributed by atoms with van der Waals surface area (Å²) in [6.45, 7) is 2.18. The van der Waals surface area contributed by atoms with Crippen LogP contribution in [0.2, 0.25) is 0 Å². The van der Waals surface area contributed by atoms with E-state index in [1.54, 1.807) is 37.4 Å². The second-order valence-electron chi connectivity index (χ2n) is 5.41. The fraction of sp³-hybridized carbons (Fsp3) is 0.263. The van der Waals surface area contributed by atoms with E-state index in [-0.39, 0.29) is 12.5 Å². The van der Waals surface area contributed by atoms with Gasteiger partial charge in [-0.15, -0.1) is 0 Å². The molecule has 0 heterocycles. The zero-order valence-corrected chi connectivity index (χ0v) is 14.5. The number of benzene rings is 2. The molecule has 6 nitrogen and oxygen atoms in total. The highest BCUT2D eigenvalue weighted by Gasteiger charge is 2.08. The number of carbonyl (C=O) groups is 2. The summed E-state index contributed by atoms with van der Waals surface area (Å²) in [5.74, 6) is 0.465. The van der Waals surface area contributed by atoms with Crippen LogP contribution < -0.4 is 14.8 Å². The van der Waals surface area contributed by atoms with Crippen LogP contribution in [0.5, 0.6) is 11.5 Å². The first-order chi connectivity index (χ1) is 12.0. The number of hydrogen-bond donors (Lipinski definition) is 1. The second-order valence-corrected chi connectivity index (χ2v) is 5.41. The zero-order valence-electron chi connectivity index (χ0n) is 14.5. The van der Waals surface area contributed by atoms with Crippen molar-refractivity contribution in [3.05, 3.63) is 59.2 Å². The molecule has 0 fully saturated rings. The van der Waals surface area contributed by atoms with Crippen LogP contribution in [-0.4, -0.2) is 32.7 Å². The van der Waals surface area contributed by atoms with E-state index in [0.29, 0.717) is 23.6 Å². The van der Waals surface area contributed by atoms with Crippen molar-refractivity contribution in [1.29, 1.82) is 0 Å². The maximum Gasteiger partial charge on any atom is 0.337 e. The summed E-state index contributed by atoms with van der Waals surface area (Å²) in [6, 6.07) is 12.3. The third-order valence-corrected chi connectivity index (χ3v) is 3.54. The molecule has 0 aliphatic heterocycles. The number of nitrogens with one attached hydrogen (secondary N) is 1. The molecule has 0 saturated carbocycles. The summed E-state index contributed by atoms with van der Waals surface area (Å²) in [4.78, 5) is 23.3. The number of ether oxygens (including phenoxy) is 3. The lowest BCUT2D eigenvalue weighted by Crippen LogP contribution is -2.28. The Morgan fingerprint density at radius 3 is 2.36 bits per heavy atom. The van der Waals surface area contributed by atoms with E-state index >= 15 is 0 Å². The first-order valence-corrected chi connectivity index (χ1v) is 7.75. The van der Waals surface area contributed by atoms with Crippen LogP contribution in [-0.2, 0) is 16.1 Å². The van der Waals surface area contributed by atoms with Gasteiger partial charge in [-0.1, -0.05) is 18.2 Å². The molecule has 0 unspecified atom stereocenters. The van der Waals surface area contributed by atoms with Crippen molar-refractivity contribution in [3.63, 3.8) is 0 Å². The molecule has 132 valence electrons. The van der Waals surface area contributed by atoms with Crippen molar-refractivity contribution in [3.8, 4) is 11.5 Å². The van der Waals surface area contributed by atoms with Crippen molar-refractivity contribution >= 4 is 11.9 Å². The first kappa shape index (κ1) is 18.3. The number of hydrogen-bond acceptors (Lipinski definition) is 5. The minimum Gasteiger partial charge on any atom is -0.493 e. The van der Waals surface area contributed by atoms with Crippen LogP contribution in [0.15, 0.2) is 42.5 Å². The van der Waals surface area contributed by atoms with E-state index in [1.165, 1.54) is 7.11 Å². The van der Waals surface area contributed by atoms with E-state index in [9.17, 15) is 9.59 Å². The van der Waals surface area contributed by atoms with Gasteiger partial charge in [0.15, 0.2) is 18.1 Å². The molecular weight excluding hydrogens is 322 g/mol. The lowest BCUT2D eigenvalue weighted by Gasteiger charge is -2.11. The molecule has 25 heavy (non-hydrogen) atoms. The van der Waals surface area contributed by atoms with Crippen LogP contribution in [0, 0.1) is 6.92 Å². The highest BCUT2D eigenvalue weighted by Crippen LogP contribution is 2.27. The van der Waals surface area contributed by atoms with Gasteiger partial charge >= 0.3 is 5.97 Å². The Morgan fingerprint density at radius 1 is 1.00 bits per heavy atom. The molecule has 0 aliphatic carbocycles. The van der Waals surface area contributed by atoms with Crippen molar-refractivity contribution in [2.24, 2.45) is 0 Å². The van der Waals surface area contributed by atoms with E-state index in [0.717, 1.165) is 11.1 Å². The summed E-state index contributed by atoms with van der Waals surface area (Å²) < 4.78 is 15.4. The predicted octanol–water partition coefficient (Wildman–Crippen LogP) is 2.49. The molecule has 0 atom stereocenters. The average Bonchev–Trinajstić information content (AvgIpc) is 2.64. The van der Waals surface area contributed by atoms with E-state index in [1.807, 2.05) is 19.1 Å². The minimum atomic E-state index is -0.393. The van der Waals surface area contributed by atoms with Gasteiger partial charge in [-0.3, -0.25) is 4.79 Å². The lowest BCUT2D eigenvalue weighted by atomic mass is 10.1. The van der Waals surface area contributed by atoms with E-state index in [4.69, 9.17) is 9.47 Å². The number of carbonyl (C=O) groups excluding carboxylic acids is 2. The molecular formula is C19H21NO5. The standard InChI is InChI=1S/C19H21NO5/c1-13-4-9-16(17(10-13)23-2)25-12-18(21)20-11-14-5-7-15(8-6-14)19(22)24-3/h4-10H,11-12H2,1-3H3,(H,20,21). The highest BCUT2D eigenvalue weighted by molar-refractivity contribution is 5.89. The first-order valence-electron chi connectivity index (χ1n) is 7.75. The molecule has 1 N–H and O–H groups in total. The topological polar surface area (TPSA) is 73.9 Å². The number of esters is 1. The maximum atomic E-state index is 11.9. The maximum absolute atomic E-state index is 11.9. The zero-order chi connectivity index (χ0) is 18.2. The fourth-order valence-electron chi connectivity index (χ4n) is 2.17. The van der Waals surface area contributed by atoms with Gasteiger partial charge in [0.25, 0.3) is 5.91 Å². The van der Waals surface area contributed by atoms with Gasteiger partial charge in [-0.2, -0.15) is 0 Å². The third-order valence-electron chi connectivity index (χ3n) is 3.54. The smallest absolute Gasteiger partial charge is 0.337 e. The van der Waals surface area contributed by atoms with Gasteiger partial charge in [0.1, 0.15) is 0 Å². The van der Waals surface area contributed by atoms with Crippen LogP contribution in [0.3, 0.4) is 0 Å². The summed E-state index contributed by atoms with van der Waals surface area (Å²) in [5.41, 5.74) is 2.38. The van der Waals surface area contributed by atoms with Crippen LogP contribution >= 0.6 is 0 Å². The Hall–Kier alpha value is -3.02. The summed E-state index contributed by atoms with van der Waals surface area (Å²) in [6.07, 6.45) is 0. The molecule has 1 amide bonds. The van der Waals surface area contributed by atoms with Gasteiger partial charge in [0, 0.05) is 6.54 Å². The van der Waals surface area contributed by atoms with Gasteiger partial charge < -0.3 is 19.5 Å². The Morgan fingerprint density at radius 2 is 1.72 bits per heavy atom. The third kappa shape index (κ3) is 5.24. The summed E-state index contributed by atoms with van der Waals surface area (Å²) >= 11 is 0. The van der Waals surface area contributed by atoms with E-state index in [2.05, 4.69) is 10.1 Å². The summed E-state index contributed by atoms with van der Waals surface area (Å²) in [7, 11) is 2.89. The monoisotopic (exact) mass is 343 g/mol. The number of rotatable bonds is 7. The predicted molar refractivity (Wildman–Crippen MR) is 92.9 cm³/mol. The van der Waals surface area contributed by atoms with Gasteiger partial charge in [-0.25, -0.2) is 4.79 Å². The minimum absolute atomic E-state index is 0.111. The van der Waals surface area contributed by atoms with Crippen molar-refractivity contribution in [2.75, 3.05) is 20.8 Å². The summed E-state index contributed by atoms with van der Waals surface area (Å²) in [5, 5.41) is 2.76. The fourth-order valence-corrected chi connectivity index (χ4v) is 2.17. The molecule has 2 aromatic rings. The Bertz CT molecular complexity index is 740. The second kappa shape index (κ2) is 8.73. The Balaban J connectivity index is 1.84. The molecule has 0 aliphatic rings. The number of amides is 1. The van der Waals surface area contributed by atoms with Gasteiger partial charge in [0.2, 0.25) is 0 Å². The Labute approximate surface area is 146 Å². The van der Waals surface area contributed by atoms with Crippen molar-refractivity contribution in [1.82, 2.24) is 5.32 Å². The van der Waals surface area contributed by atoms with E-state index < -0.39 is 5.97 Å². The lowest BCUT2D eigenvalue weighted by molar-refractivity contribution is -0.123. The van der Waals surface area contributed by atoms with Crippen molar-refractivity contribution in [2.45, 2.75) is 13.5 Å². The Kier molecular flexibility index (Phi) is 6.39. The molecule has 0 spiro atoms. The molecule has 6 heteroatoms. The molecule has 2 aromatic carbocycles. The van der Waals surface area contributed by atoms with Gasteiger partial charge in [0.05, 0.1) is 19.8 Å². The van der Waals surface area contributed by atoms with Crippen LogP contribution in [0.25, 0.3) is 0 Å². The number of methoxy groups -OCH3 is 2. The largest absolute Gasteiger partial charge is 0.493 e. The van der Waals surface area contributed by atoms with Crippen LogP contribution in [0.1, 0.15) is 21.5 Å². The normalized spacial score (nSPS) is 10.0.